The zero-order valence-corrected chi connectivity index (χ0v) is 16.7. The lowest BCUT2D eigenvalue weighted by Gasteiger charge is -2.23. The molecule has 1 atom stereocenters. The van der Waals surface area contributed by atoms with Crippen LogP contribution in [0, 0.1) is 29.9 Å². The monoisotopic (exact) mass is 405 g/mol. The highest BCUT2D eigenvalue weighted by atomic mass is 79.9. The van der Waals surface area contributed by atoms with E-state index in [1.165, 1.54) is 11.6 Å². The third-order valence-electron chi connectivity index (χ3n) is 4.36. The van der Waals surface area contributed by atoms with Gasteiger partial charge in [-0.15, -0.1) is 0 Å². The minimum atomic E-state index is -0.395. The van der Waals surface area contributed by atoms with Crippen LogP contribution in [0.1, 0.15) is 49.5 Å². The SMILES string of the molecule is Cc1cc(Br)cc(C(CCC(C)C)Oc2ccccc2[N+](=O)[O-])c1C. The molecule has 1 unspecified atom stereocenters. The molecule has 0 bridgehead atoms. The second kappa shape index (κ2) is 8.48. The Kier molecular flexibility index (Phi) is 6.59. The maximum absolute atomic E-state index is 11.3. The largest absolute Gasteiger partial charge is 0.479 e. The van der Waals surface area contributed by atoms with Crippen molar-refractivity contribution in [2.75, 3.05) is 0 Å². The van der Waals surface area contributed by atoms with Crippen LogP contribution in [-0.2, 0) is 0 Å². The van der Waals surface area contributed by atoms with E-state index in [9.17, 15) is 10.1 Å². The fourth-order valence-corrected chi connectivity index (χ4v) is 3.39. The Labute approximate surface area is 157 Å². The van der Waals surface area contributed by atoms with Crippen LogP contribution in [0.15, 0.2) is 40.9 Å². The number of nitro benzene ring substituents is 1. The van der Waals surface area contributed by atoms with E-state index in [4.69, 9.17) is 4.74 Å². The van der Waals surface area contributed by atoms with E-state index in [2.05, 4.69) is 55.8 Å². The lowest BCUT2D eigenvalue weighted by atomic mass is 9.94. The number of ether oxygens (including phenoxy) is 1. The van der Waals surface area contributed by atoms with Crippen molar-refractivity contribution in [3.8, 4) is 5.75 Å². The van der Waals surface area contributed by atoms with Gasteiger partial charge in [-0.1, -0.05) is 41.9 Å². The third-order valence-corrected chi connectivity index (χ3v) is 4.81. The molecule has 0 heterocycles. The number of halogens is 1. The average Bonchev–Trinajstić information content (AvgIpc) is 2.55. The molecular formula is C20H24BrNO3. The van der Waals surface area contributed by atoms with Crippen LogP contribution < -0.4 is 4.74 Å². The van der Waals surface area contributed by atoms with Gasteiger partial charge in [0.25, 0.3) is 0 Å². The van der Waals surface area contributed by atoms with E-state index in [-0.39, 0.29) is 11.8 Å². The van der Waals surface area contributed by atoms with Crippen molar-refractivity contribution < 1.29 is 9.66 Å². The molecule has 0 aliphatic rings. The maximum Gasteiger partial charge on any atom is 0.310 e. The molecule has 0 spiro atoms. The molecule has 0 aromatic heterocycles. The molecule has 0 aliphatic heterocycles. The minimum absolute atomic E-state index is 0.00131. The lowest BCUT2D eigenvalue weighted by molar-refractivity contribution is -0.386. The van der Waals surface area contributed by atoms with Crippen molar-refractivity contribution in [2.24, 2.45) is 5.92 Å². The first-order valence-electron chi connectivity index (χ1n) is 8.46. The van der Waals surface area contributed by atoms with Crippen LogP contribution in [0.2, 0.25) is 0 Å². The van der Waals surface area contributed by atoms with Gasteiger partial charge < -0.3 is 4.74 Å². The second-order valence-electron chi connectivity index (χ2n) is 6.74. The molecule has 0 aliphatic carbocycles. The van der Waals surface area contributed by atoms with Gasteiger partial charge in [-0.3, -0.25) is 10.1 Å². The van der Waals surface area contributed by atoms with E-state index in [0.29, 0.717) is 11.7 Å². The Morgan fingerprint density at radius 3 is 2.48 bits per heavy atom. The van der Waals surface area contributed by atoms with Gasteiger partial charge in [-0.2, -0.15) is 0 Å². The van der Waals surface area contributed by atoms with Crippen LogP contribution in [0.3, 0.4) is 0 Å². The topological polar surface area (TPSA) is 52.4 Å². The summed E-state index contributed by atoms with van der Waals surface area (Å²) in [5.41, 5.74) is 3.41. The van der Waals surface area contributed by atoms with Crippen molar-refractivity contribution in [2.45, 2.75) is 46.6 Å². The quantitative estimate of drug-likeness (QED) is 0.388. The van der Waals surface area contributed by atoms with Crippen molar-refractivity contribution in [3.05, 3.63) is 67.7 Å². The van der Waals surface area contributed by atoms with E-state index in [1.807, 2.05) is 0 Å². The molecule has 0 radical (unpaired) electrons. The minimum Gasteiger partial charge on any atom is -0.479 e. The number of nitro groups is 1. The first-order valence-corrected chi connectivity index (χ1v) is 9.25. The predicted molar refractivity (Wildman–Crippen MR) is 104 cm³/mol. The summed E-state index contributed by atoms with van der Waals surface area (Å²) in [4.78, 5) is 10.9. The summed E-state index contributed by atoms with van der Waals surface area (Å²) in [6, 6.07) is 10.7. The third kappa shape index (κ3) is 5.05. The smallest absolute Gasteiger partial charge is 0.310 e. The first kappa shape index (κ1) is 19.4. The molecule has 0 fully saturated rings. The van der Waals surface area contributed by atoms with Gasteiger partial charge in [-0.25, -0.2) is 0 Å². The molecule has 4 nitrogen and oxygen atoms in total. The highest BCUT2D eigenvalue weighted by Gasteiger charge is 2.22. The zero-order chi connectivity index (χ0) is 18.6. The number of para-hydroxylation sites is 2. The molecule has 0 saturated heterocycles. The fraction of sp³-hybridized carbons (Fsp3) is 0.400. The molecule has 5 heteroatoms. The highest BCUT2D eigenvalue weighted by molar-refractivity contribution is 9.10. The Morgan fingerprint density at radius 1 is 1.16 bits per heavy atom. The van der Waals surface area contributed by atoms with Gasteiger partial charge in [0, 0.05) is 10.5 Å². The van der Waals surface area contributed by atoms with E-state index in [1.54, 1.807) is 18.2 Å². The average molecular weight is 406 g/mol. The van der Waals surface area contributed by atoms with Crippen LogP contribution in [-0.4, -0.2) is 4.92 Å². The Morgan fingerprint density at radius 2 is 1.84 bits per heavy atom. The standard InChI is InChI=1S/C20H24BrNO3/c1-13(2)9-10-19(17-12-16(21)11-14(3)15(17)4)25-20-8-6-5-7-18(20)22(23)24/h5-8,11-13,19H,9-10H2,1-4H3. The Bertz CT molecular complexity index is 759. The number of aryl methyl sites for hydroxylation is 1. The number of hydrogen-bond donors (Lipinski definition) is 0. The molecule has 134 valence electrons. The van der Waals surface area contributed by atoms with Crippen molar-refractivity contribution >= 4 is 21.6 Å². The maximum atomic E-state index is 11.3. The molecular weight excluding hydrogens is 382 g/mol. The van der Waals surface area contributed by atoms with Crippen LogP contribution in [0.25, 0.3) is 0 Å². The van der Waals surface area contributed by atoms with Gasteiger partial charge in [0.1, 0.15) is 6.10 Å². The van der Waals surface area contributed by atoms with E-state index in [0.717, 1.165) is 28.4 Å². The van der Waals surface area contributed by atoms with Crippen LogP contribution >= 0.6 is 15.9 Å². The van der Waals surface area contributed by atoms with Crippen LogP contribution in [0.4, 0.5) is 5.69 Å². The second-order valence-corrected chi connectivity index (χ2v) is 7.66. The summed E-state index contributed by atoms with van der Waals surface area (Å²) in [6.07, 6.45) is 1.57. The predicted octanol–water partition coefficient (Wildman–Crippen LogP) is 6.53. The molecule has 2 aromatic carbocycles. The molecule has 25 heavy (non-hydrogen) atoms. The molecule has 0 N–H and O–H groups in total. The molecule has 2 rings (SSSR count). The highest BCUT2D eigenvalue weighted by Crippen LogP contribution is 2.36. The van der Waals surface area contributed by atoms with Gasteiger partial charge in [-0.05, 0) is 67.5 Å². The summed E-state index contributed by atoms with van der Waals surface area (Å²) < 4.78 is 7.16. The van der Waals surface area contributed by atoms with Crippen molar-refractivity contribution in [1.82, 2.24) is 0 Å². The lowest BCUT2D eigenvalue weighted by Crippen LogP contribution is -2.12. The molecule has 0 amide bonds. The van der Waals surface area contributed by atoms with Gasteiger partial charge in [0.2, 0.25) is 0 Å². The van der Waals surface area contributed by atoms with Crippen molar-refractivity contribution in [1.29, 1.82) is 0 Å². The fourth-order valence-electron chi connectivity index (χ4n) is 2.80. The van der Waals surface area contributed by atoms with E-state index < -0.39 is 4.92 Å². The van der Waals surface area contributed by atoms with Gasteiger partial charge in [0.05, 0.1) is 4.92 Å². The molecule has 2 aromatic rings. The van der Waals surface area contributed by atoms with Crippen molar-refractivity contribution in [3.63, 3.8) is 0 Å². The number of nitrogens with zero attached hydrogens (tertiary/aromatic N) is 1. The summed E-state index contributed by atoms with van der Waals surface area (Å²) in [6.45, 7) is 8.47. The summed E-state index contributed by atoms with van der Waals surface area (Å²) in [5.74, 6) is 0.851. The first-order chi connectivity index (χ1) is 11.8. The summed E-state index contributed by atoms with van der Waals surface area (Å²) in [5, 5.41) is 11.3. The normalized spacial score (nSPS) is 12.2. The zero-order valence-electron chi connectivity index (χ0n) is 15.1. The Hall–Kier alpha value is -1.88. The van der Waals surface area contributed by atoms with Crippen LogP contribution in [0.5, 0.6) is 5.75 Å². The van der Waals surface area contributed by atoms with Gasteiger partial charge >= 0.3 is 5.69 Å². The summed E-state index contributed by atoms with van der Waals surface area (Å²) >= 11 is 3.55. The van der Waals surface area contributed by atoms with Gasteiger partial charge in [0.15, 0.2) is 5.75 Å². The number of hydrogen-bond acceptors (Lipinski definition) is 3. The Balaban J connectivity index is 2.43. The molecule has 0 saturated carbocycles. The number of rotatable bonds is 7. The van der Waals surface area contributed by atoms with E-state index >= 15 is 0 Å². The number of benzene rings is 2. The summed E-state index contributed by atoms with van der Waals surface area (Å²) in [7, 11) is 0.